The molecule has 2 heterocycles. The molecular weight excluding hydrogens is 344 g/mol. The van der Waals surface area contributed by atoms with Crippen molar-refractivity contribution >= 4 is 17.6 Å². The van der Waals surface area contributed by atoms with Gasteiger partial charge in [-0.1, -0.05) is 0 Å². The van der Waals surface area contributed by atoms with Crippen LogP contribution in [0.5, 0.6) is 0 Å². The molecule has 1 aromatic heterocycles. The molecule has 0 spiro atoms. The number of alkyl halides is 2. The molecule has 0 aromatic carbocycles. The molecule has 9 heteroatoms. The second kappa shape index (κ2) is 6.77. The van der Waals surface area contributed by atoms with Crippen LogP contribution in [0, 0.1) is 0 Å². The Morgan fingerprint density at radius 1 is 1.27 bits per heavy atom. The maximum absolute atomic E-state index is 13.2. The molecule has 2 N–H and O–H groups in total. The average molecular weight is 367 g/mol. The van der Waals surface area contributed by atoms with E-state index in [1.807, 2.05) is 0 Å². The number of halogens is 2. The Hall–Kier alpha value is -2.32. The molecule has 1 aromatic rings. The van der Waals surface area contributed by atoms with Crippen molar-refractivity contribution < 1.29 is 18.4 Å². The zero-order valence-electron chi connectivity index (χ0n) is 14.9. The highest BCUT2D eigenvalue weighted by Gasteiger charge is 2.41. The van der Waals surface area contributed by atoms with Crippen LogP contribution in [0.2, 0.25) is 0 Å². The Morgan fingerprint density at radius 2 is 1.96 bits per heavy atom. The van der Waals surface area contributed by atoms with Crippen LogP contribution in [0.25, 0.3) is 0 Å². The summed E-state index contributed by atoms with van der Waals surface area (Å²) in [4.78, 5) is 34.5. The van der Waals surface area contributed by atoms with Crippen LogP contribution in [-0.2, 0) is 4.79 Å². The smallest absolute Gasteiger partial charge is 0.274 e. The van der Waals surface area contributed by atoms with E-state index >= 15 is 0 Å². The van der Waals surface area contributed by atoms with Crippen LogP contribution < -0.4 is 10.6 Å². The van der Waals surface area contributed by atoms with Crippen molar-refractivity contribution in [1.29, 1.82) is 0 Å². The van der Waals surface area contributed by atoms with Crippen LogP contribution in [-0.4, -0.2) is 57.3 Å². The lowest BCUT2D eigenvalue weighted by molar-refractivity contribution is -0.133. The van der Waals surface area contributed by atoms with Crippen LogP contribution >= 0.6 is 0 Å². The van der Waals surface area contributed by atoms with Crippen molar-refractivity contribution in [2.24, 2.45) is 0 Å². The van der Waals surface area contributed by atoms with E-state index in [0.717, 1.165) is 0 Å². The summed E-state index contributed by atoms with van der Waals surface area (Å²) in [6.07, 6.45) is 3.24. The maximum atomic E-state index is 13.2. The summed E-state index contributed by atoms with van der Waals surface area (Å²) in [7, 11) is 0. The van der Waals surface area contributed by atoms with E-state index in [4.69, 9.17) is 0 Å². The number of anilines is 1. The Morgan fingerprint density at radius 3 is 2.58 bits per heavy atom. The molecule has 1 aliphatic heterocycles. The van der Waals surface area contributed by atoms with Crippen LogP contribution in [0.15, 0.2) is 12.4 Å². The van der Waals surface area contributed by atoms with E-state index in [0.29, 0.717) is 31.7 Å². The third-order valence-electron chi connectivity index (χ3n) is 5.04. The molecule has 7 nitrogen and oxygen atoms in total. The van der Waals surface area contributed by atoms with E-state index < -0.39 is 11.5 Å². The van der Waals surface area contributed by atoms with Gasteiger partial charge in [0.2, 0.25) is 11.8 Å². The van der Waals surface area contributed by atoms with Gasteiger partial charge in [0.1, 0.15) is 17.1 Å². The SMILES string of the molecule is CC1(C)C(=O)NCCN1C(=O)c1cnc(NC2CCC(F)(F)CC2)cn1. The second-order valence-electron chi connectivity index (χ2n) is 7.33. The fraction of sp³-hybridized carbons (Fsp3) is 0.647. The molecule has 0 unspecified atom stereocenters. The summed E-state index contributed by atoms with van der Waals surface area (Å²) in [5, 5.41) is 5.83. The fourth-order valence-corrected chi connectivity index (χ4v) is 3.30. The second-order valence-corrected chi connectivity index (χ2v) is 7.33. The number of nitrogens with one attached hydrogen (secondary N) is 2. The standard InChI is InChI=1S/C17H23F2N5O2/c1-16(2)15(26)20-7-8-24(16)14(25)12-9-22-13(10-21-12)23-11-3-5-17(18,19)6-4-11/h9-11H,3-8H2,1-2H3,(H,20,26)(H,22,23). The molecule has 1 saturated heterocycles. The van der Waals surface area contributed by atoms with Crippen LogP contribution in [0.3, 0.4) is 0 Å². The third kappa shape index (κ3) is 3.76. The minimum Gasteiger partial charge on any atom is -0.366 e. The first-order valence-electron chi connectivity index (χ1n) is 8.76. The molecule has 2 amide bonds. The zero-order valence-corrected chi connectivity index (χ0v) is 14.9. The first-order chi connectivity index (χ1) is 12.2. The Bertz CT molecular complexity index is 683. The summed E-state index contributed by atoms with van der Waals surface area (Å²) < 4.78 is 26.4. The van der Waals surface area contributed by atoms with Crippen LogP contribution in [0.1, 0.15) is 50.0 Å². The summed E-state index contributed by atoms with van der Waals surface area (Å²) in [5.41, 5.74) is -0.810. The van der Waals surface area contributed by atoms with Gasteiger partial charge in [0.15, 0.2) is 0 Å². The number of carbonyl (C=O) groups is 2. The lowest BCUT2D eigenvalue weighted by Crippen LogP contribution is -2.63. The monoisotopic (exact) mass is 367 g/mol. The van der Waals surface area contributed by atoms with Crippen molar-refractivity contribution in [2.75, 3.05) is 18.4 Å². The highest BCUT2D eigenvalue weighted by molar-refractivity contribution is 5.98. The maximum Gasteiger partial charge on any atom is 0.274 e. The Labute approximate surface area is 150 Å². The number of hydrogen-bond acceptors (Lipinski definition) is 5. The number of aromatic nitrogens is 2. The zero-order chi connectivity index (χ0) is 18.9. The van der Waals surface area contributed by atoms with Crippen molar-refractivity contribution in [3.8, 4) is 0 Å². The summed E-state index contributed by atoms with van der Waals surface area (Å²) in [6, 6.07) is -0.0739. The van der Waals surface area contributed by atoms with E-state index in [1.54, 1.807) is 13.8 Å². The van der Waals surface area contributed by atoms with Crippen molar-refractivity contribution in [1.82, 2.24) is 20.2 Å². The summed E-state index contributed by atoms with van der Waals surface area (Å²) in [5.74, 6) is -2.70. The normalized spacial score (nSPS) is 22.6. The molecule has 0 bridgehead atoms. The summed E-state index contributed by atoms with van der Waals surface area (Å²) in [6.45, 7) is 4.16. The number of piperazine rings is 1. The lowest BCUT2D eigenvalue weighted by atomic mass is 9.92. The fourth-order valence-electron chi connectivity index (χ4n) is 3.30. The van der Waals surface area contributed by atoms with Gasteiger partial charge in [-0.25, -0.2) is 18.7 Å². The summed E-state index contributed by atoms with van der Waals surface area (Å²) >= 11 is 0. The van der Waals surface area contributed by atoms with Crippen LogP contribution in [0.4, 0.5) is 14.6 Å². The predicted octanol–water partition coefficient (Wildman–Crippen LogP) is 1.82. The van der Waals surface area contributed by atoms with Gasteiger partial charge in [0, 0.05) is 32.0 Å². The number of hydrogen-bond donors (Lipinski definition) is 2. The molecule has 142 valence electrons. The van der Waals surface area contributed by atoms with Gasteiger partial charge in [-0.05, 0) is 26.7 Å². The van der Waals surface area contributed by atoms with Gasteiger partial charge in [0.25, 0.3) is 5.91 Å². The largest absolute Gasteiger partial charge is 0.366 e. The minimum absolute atomic E-state index is 0.0739. The number of carbonyl (C=O) groups excluding carboxylic acids is 2. The molecule has 0 radical (unpaired) electrons. The molecule has 1 saturated carbocycles. The van der Waals surface area contributed by atoms with Gasteiger partial charge in [0.05, 0.1) is 12.4 Å². The third-order valence-corrected chi connectivity index (χ3v) is 5.04. The Balaban J connectivity index is 1.64. The van der Waals surface area contributed by atoms with E-state index in [9.17, 15) is 18.4 Å². The number of rotatable bonds is 3. The van der Waals surface area contributed by atoms with Gasteiger partial charge in [-0.2, -0.15) is 0 Å². The van der Waals surface area contributed by atoms with E-state index in [2.05, 4.69) is 20.6 Å². The molecule has 2 aliphatic rings. The van der Waals surface area contributed by atoms with E-state index in [-0.39, 0.29) is 36.4 Å². The molecular formula is C17H23F2N5O2. The van der Waals surface area contributed by atoms with Crippen molar-refractivity contribution in [3.63, 3.8) is 0 Å². The minimum atomic E-state index is -2.58. The average Bonchev–Trinajstić information content (AvgIpc) is 2.59. The number of nitrogens with zero attached hydrogens (tertiary/aromatic N) is 3. The molecule has 0 atom stereocenters. The quantitative estimate of drug-likeness (QED) is 0.851. The lowest BCUT2D eigenvalue weighted by Gasteiger charge is -2.40. The van der Waals surface area contributed by atoms with Gasteiger partial charge in [-0.3, -0.25) is 9.59 Å². The van der Waals surface area contributed by atoms with Gasteiger partial charge >= 0.3 is 0 Å². The number of amides is 2. The topological polar surface area (TPSA) is 87.2 Å². The molecule has 26 heavy (non-hydrogen) atoms. The van der Waals surface area contributed by atoms with E-state index in [1.165, 1.54) is 17.3 Å². The first-order valence-corrected chi connectivity index (χ1v) is 8.76. The molecule has 3 rings (SSSR count). The van der Waals surface area contributed by atoms with Crippen molar-refractivity contribution in [2.45, 2.75) is 57.0 Å². The molecule has 2 fully saturated rings. The molecule has 1 aliphatic carbocycles. The van der Waals surface area contributed by atoms with Gasteiger partial charge in [-0.15, -0.1) is 0 Å². The predicted molar refractivity (Wildman–Crippen MR) is 91.0 cm³/mol. The first kappa shape index (κ1) is 18.5. The van der Waals surface area contributed by atoms with Gasteiger partial charge < -0.3 is 15.5 Å². The highest BCUT2D eigenvalue weighted by atomic mass is 19.3. The Kier molecular flexibility index (Phi) is 4.81. The van der Waals surface area contributed by atoms with Crippen molar-refractivity contribution in [3.05, 3.63) is 18.1 Å². The highest BCUT2D eigenvalue weighted by Crippen LogP contribution is 2.34.